The van der Waals surface area contributed by atoms with E-state index in [1.807, 2.05) is 18.2 Å². The number of carbonyl (C=O) groups is 1. The highest BCUT2D eigenvalue weighted by Gasteiger charge is 2.27. The van der Waals surface area contributed by atoms with Crippen molar-refractivity contribution >= 4 is 17.3 Å². The van der Waals surface area contributed by atoms with Crippen molar-refractivity contribution in [3.8, 4) is 0 Å². The van der Waals surface area contributed by atoms with Crippen molar-refractivity contribution in [3.63, 3.8) is 0 Å². The van der Waals surface area contributed by atoms with Gasteiger partial charge in [-0.05, 0) is 43.1 Å². The summed E-state index contributed by atoms with van der Waals surface area (Å²) in [4.78, 5) is 14.8. The summed E-state index contributed by atoms with van der Waals surface area (Å²) < 4.78 is 0. The molecule has 0 spiro atoms. The number of likely N-dealkylation sites (N-methyl/N-ethyl adjacent to an activating group) is 1. The van der Waals surface area contributed by atoms with Crippen LogP contribution in [0, 0.1) is 5.92 Å². The number of benzene rings is 1. The minimum absolute atomic E-state index is 0.0392. The third-order valence-electron chi connectivity index (χ3n) is 3.90. The second-order valence-corrected chi connectivity index (χ2v) is 5.67. The van der Waals surface area contributed by atoms with Crippen molar-refractivity contribution < 1.29 is 4.79 Å². The van der Waals surface area contributed by atoms with E-state index >= 15 is 0 Å². The van der Waals surface area contributed by atoms with E-state index in [0.717, 1.165) is 36.4 Å². The molecule has 0 radical (unpaired) electrons. The number of nitrogen functional groups attached to an aromatic ring is 1. The maximum atomic E-state index is 12.6. The number of nitrogens with two attached hydrogens (primary N) is 1. The third-order valence-corrected chi connectivity index (χ3v) is 3.90. The zero-order valence-corrected chi connectivity index (χ0v) is 13.9. The number of nitrogens with one attached hydrogen (secondary N) is 1. The Balaban J connectivity index is 2.89. The first-order valence-electron chi connectivity index (χ1n) is 7.87. The highest BCUT2D eigenvalue weighted by Crippen LogP contribution is 2.20. The van der Waals surface area contributed by atoms with E-state index < -0.39 is 0 Å². The Labute approximate surface area is 128 Å². The Hall–Kier alpha value is -1.55. The fourth-order valence-electron chi connectivity index (χ4n) is 2.72. The van der Waals surface area contributed by atoms with Gasteiger partial charge in [-0.3, -0.25) is 9.69 Å². The van der Waals surface area contributed by atoms with Crippen LogP contribution in [0.4, 0.5) is 11.4 Å². The van der Waals surface area contributed by atoms with Crippen LogP contribution < -0.4 is 11.1 Å². The zero-order chi connectivity index (χ0) is 16.0. The lowest BCUT2D eigenvalue weighted by Crippen LogP contribution is -2.47. The van der Waals surface area contributed by atoms with E-state index in [2.05, 4.69) is 44.8 Å². The van der Waals surface area contributed by atoms with Gasteiger partial charge in [0.25, 0.3) is 0 Å². The van der Waals surface area contributed by atoms with Crippen LogP contribution in [0.15, 0.2) is 18.2 Å². The summed E-state index contributed by atoms with van der Waals surface area (Å²) >= 11 is 0. The summed E-state index contributed by atoms with van der Waals surface area (Å²) in [5, 5.41) is 3.00. The Morgan fingerprint density at radius 3 is 2.29 bits per heavy atom. The molecule has 4 nitrogen and oxygen atoms in total. The van der Waals surface area contributed by atoms with Crippen LogP contribution in [0.25, 0.3) is 0 Å². The standard InChI is InChI=1S/C17H29N3O/c1-6-13-9-10-14(11-15(13)18)19-17(21)16(12(4)5)20(7-2)8-3/h9-12,16H,6-8,18H2,1-5H3,(H,19,21). The largest absolute Gasteiger partial charge is 0.398 e. The molecule has 1 unspecified atom stereocenters. The number of nitrogens with zero attached hydrogens (tertiary/aromatic N) is 1. The SMILES string of the molecule is CCc1ccc(NC(=O)C(C(C)C)N(CC)CC)cc1N. The highest BCUT2D eigenvalue weighted by molar-refractivity contribution is 5.95. The molecular weight excluding hydrogens is 262 g/mol. The van der Waals surface area contributed by atoms with Crippen molar-refractivity contribution in [2.45, 2.75) is 47.1 Å². The normalized spacial score (nSPS) is 12.7. The van der Waals surface area contributed by atoms with Crippen LogP contribution in [-0.4, -0.2) is 29.9 Å². The van der Waals surface area contributed by atoms with Crippen LogP contribution in [0.5, 0.6) is 0 Å². The van der Waals surface area contributed by atoms with Gasteiger partial charge in [-0.2, -0.15) is 0 Å². The lowest BCUT2D eigenvalue weighted by molar-refractivity contribution is -0.122. The molecule has 3 N–H and O–H groups in total. The van der Waals surface area contributed by atoms with Crippen molar-refractivity contribution in [2.75, 3.05) is 24.1 Å². The first-order valence-corrected chi connectivity index (χ1v) is 7.87. The summed E-state index contributed by atoms with van der Waals surface area (Å²) in [5.41, 5.74) is 8.61. The Bertz CT molecular complexity index is 467. The lowest BCUT2D eigenvalue weighted by atomic mass is 10.0. The molecule has 1 rings (SSSR count). The maximum absolute atomic E-state index is 12.6. The van der Waals surface area contributed by atoms with Crippen LogP contribution in [-0.2, 0) is 11.2 Å². The minimum atomic E-state index is -0.118. The number of rotatable bonds is 7. The van der Waals surface area contributed by atoms with Gasteiger partial charge in [-0.1, -0.05) is 40.7 Å². The minimum Gasteiger partial charge on any atom is -0.398 e. The van der Waals surface area contributed by atoms with Gasteiger partial charge >= 0.3 is 0 Å². The molecular formula is C17H29N3O. The van der Waals surface area contributed by atoms with Gasteiger partial charge < -0.3 is 11.1 Å². The molecule has 1 atom stereocenters. The first-order chi connectivity index (χ1) is 9.94. The van der Waals surface area contributed by atoms with Crippen molar-refractivity contribution in [1.29, 1.82) is 0 Å². The molecule has 0 bridgehead atoms. The van der Waals surface area contributed by atoms with Crippen LogP contribution in [0.3, 0.4) is 0 Å². The molecule has 1 aromatic rings. The summed E-state index contributed by atoms with van der Waals surface area (Å²) in [6.45, 7) is 12.1. The van der Waals surface area contributed by atoms with E-state index in [-0.39, 0.29) is 17.9 Å². The van der Waals surface area contributed by atoms with Crippen LogP contribution >= 0.6 is 0 Å². The van der Waals surface area contributed by atoms with Crippen molar-refractivity contribution in [3.05, 3.63) is 23.8 Å². The molecule has 0 aliphatic carbocycles. The number of hydrogen-bond acceptors (Lipinski definition) is 3. The molecule has 0 fully saturated rings. The quantitative estimate of drug-likeness (QED) is 0.759. The third kappa shape index (κ3) is 4.46. The van der Waals surface area contributed by atoms with E-state index in [4.69, 9.17) is 5.73 Å². The topological polar surface area (TPSA) is 58.4 Å². The molecule has 1 aromatic carbocycles. The number of hydrogen-bond donors (Lipinski definition) is 2. The predicted octanol–water partition coefficient (Wildman–Crippen LogP) is 3.14. The van der Waals surface area contributed by atoms with Gasteiger partial charge in [0.05, 0.1) is 6.04 Å². The number of anilines is 2. The van der Waals surface area contributed by atoms with Crippen LogP contribution in [0.2, 0.25) is 0 Å². The second-order valence-electron chi connectivity index (χ2n) is 5.67. The number of carbonyl (C=O) groups excluding carboxylic acids is 1. The van der Waals surface area contributed by atoms with Crippen LogP contribution in [0.1, 0.15) is 40.2 Å². The summed E-state index contributed by atoms with van der Waals surface area (Å²) in [5.74, 6) is 0.300. The average molecular weight is 291 g/mol. The van der Waals surface area contributed by atoms with E-state index in [0.29, 0.717) is 0 Å². The first kappa shape index (κ1) is 17.5. The number of aryl methyl sites for hydroxylation is 1. The molecule has 0 aromatic heterocycles. The molecule has 0 aliphatic rings. The molecule has 0 heterocycles. The predicted molar refractivity (Wildman–Crippen MR) is 90.4 cm³/mol. The van der Waals surface area contributed by atoms with Gasteiger partial charge in [-0.25, -0.2) is 0 Å². The zero-order valence-electron chi connectivity index (χ0n) is 13.9. The van der Waals surface area contributed by atoms with Gasteiger partial charge in [0.1, 0.15) is 0 Å². The molecule has 1 amide bonds. The number of amides is 1. The highest BCUT2D eigenvalue weighted by atomic mass is 16.2. The molecule has 4 heteroatoms. The Kier molecular flexibility index (Phi) is 6.69. The molecule has 21 heavy (non-hydrogen) atoms. The fourth-order valence-corrected chi connectivity index (χ4v) is 2.72. The van der Waals surface area contributed by atoms with Gasteiger partial charge in [-0.15, -0.1) is 0 Å². The maximum Gasteiger partial charge on any atom is 0.241 e. The van der Waals surface area contributed by atoms with Gasteiger partial charge in [0, 0.05) is 11.4 Å². The Morgan fingerprint density at radius 1 is 1.24 bits per heavy atom. The molecule has 118 valence electrons. The van der Waals surface area contributed by atoms with E-state index in [9.17, 15) is 4.79 Å². The molecule has 0 saturated heterocycles. The van der Waals surface area contributed by atoms with E-state index in [1.54, 1.807) is 0 Å². The summed E-state index contributed by atoms with van der Waals surface area (Å²) in [7, 11) is 0. The molecule has 0 aliphatic heterocycles. The monoisotopic (exact) mass is 291 g/mol. The summed E-state index contributed by atoms with van der Waals surface area (Å²) in [6, 6.07) is 5.63. The smallest absolute Gasteiger partial charge is 0.241 e. The van der Waals surface area contributed by atoms with Crippen molar-refractivity contribution in [1.82, 2.24) is 4.90 Å². The summed E-state index contributed by atoms with van der Waals surface area (Å²) in [6.07, 6.45) is 0.897. The average Bonchev–Trinajstić information content (AvgIpc) is 2.44. The Morgan fingerprint density at radius 2 is 1.86 bits per heavy atom. The van der Waals surface area contributed by atoms with E-state index in [1.165, 1.54) is 0 Å². The second kappa shape index (κ2) is 8.03. The molecule has 0 saturated carbocycles. The fraction of sp³-hybridized carbons (Fsp3) is 0.588. The lowest BCUT2D eigenvalue weighted by Gasteiger charge is -2.31. The van der Waals surface area contributed by atoms with Gasteiger partial charge in [0.15, 0.2) is 0 Å². The van der Waals surface area contributed by atoms with Gasteiger partial charge in [0.2, 0.25) is 5.91 Å². The van der Waals surface area contributed by atoms with Crippen molar-refractivity contribution in [2.24, 2.45) is 5.92 Å².